The SMILES string of the molecule is CCN(c1ccc(C(=O)Nc2ccc(N3CCCC3=O)cc2)cc1)S(=O)(=O)c1ccc(SC)cc1. The molecule has 0 radical (unpaired) electrons. The molecule has 0 unspecified atom stereocenters. The van der Waals surface area contributed by atoms with Gasteiger partial charge in [0, 0.05) is 41.3 Å². The first-order valence-corrected chi connectivity index (χ1v) is 14.0. The molecule has 1 saturated heterocycles. The lowest BCUT2D eigenvalue weighted by Crippen LogP contribution is -2.30. The van der Waals surface area contributed by atoms with Gasteiger partial charge in [-0.25, -0.2) is 8.42 Å². The number of benzene rings is 3. The summed E-state index contributed by atoms with van der Waals surface area (Å²) in [5.41, 5.74) is 2.32. The summed E-state index contributed by atoms with van der Waals surface area (Å²) in [6.45, 7) is 2.74. The second kappa shape index (κ2) is 10.5. The number of nitrogens with zero attached hydrogens (tertiary/aromatic N) is 2. The summed E-state index contributed by atoms with van der Waals surface area (Å²) in [6, 6.07) is 20.4. The third-order valence-electron chi connectivity index (χ3n) is 5.86. The number of thioether (sulfide) groups is 1. The van der Waals surface area contributed by atoms with Crippen molar-refractivity contribution < 1.29 is 18.0 Å². The molecule has 1 aliphatic rings. The van der Waals surface area contributed by atoms with Gasteiger partial charge in [-0.15, -0.1) is 11.8 Å². The van der Waals surface area contributed by atoms with Crippen LogP contribution in [0.5, 0.6) is 0 Å². The average Bonchev–Trinajstić information content (AvgIpc) is 3.31. The number of carbonyl (C=O) groups excluding carboxylic acids is 2. The minimum atomic E-state index is -3.73. The van der Waals surface area contributed by atoms with Crippen molar-refractivity contribution in [3.05, 3.63) is 78.4 Å². The molecule has 0 saturated carbocycles. The Kier molecular flexibility index (Phi) is 7.47. The number of sulfonamides is 1. The van der Waals surface area contributed by atoms with Crippen molar-refractivity contribution in [3.8, 4) is 0 Å². The molecule has 0 bridgehead atoms. The van der Waals surface area contributed by atoms with Gasteiger partial charge in [0.05, 0.1) is 10.6 Å². The van der Waals surface area contributed by atoms with E-state index < -0.39 is 10.0 Å². The zero-order valence-electron chi connectivity index (χ0n) is 19.6. The molecule has 1 aliphatic heterocycles. The Hall–Kier alpha value is -3.30. The molecule has 0 aromatic heterocycles. The Morgan fingerprint density at radius 2 is 1.66 bits per heavy atom. The number of anilines is 3. The minimum Gasteiger partial charge on any atom is -0.322 e. The van der Waals surface area contributed by atoms with E-state index in [0.29, 0.717) is 29.9 Å². The maximum Gasteiger partial charge on any atom is 0.264 e. The smallest absolute Gasteiger partial charge is 0.264 e. The highest BCUT2D eigenvalue weighted by Crippen LogP contribution is 2.26. The standard InChI is InChI=1S/C26H27N3O4S2/c1-3-29(35(32,33)24-16-14-23(34-2)15-17-24)22-10-6-19(7-11-22)26(31)27-20-8-12-21(13-9-20)28-18-4-5-25(28)30/h6-17H,3-5,18H2,1-2H3,(H,27,31). The first-order chi connectivity index (χ1) is 16.8. The zero-order valence-corrected chi connectivity index (χ0v) is 21.2. The van der Waals surface area contributed by atoms with E-state index in [1.54, 1.807) is 84.2 Å². The van der Waals surface area contributed by atoms with Crippen molar-refractivity contribution >= 4 is 50.7 Å². The van der Waals surface area contributed by atoms with E-state index in [1.165, 1.54) is 4.31 Å². The number of hydrogen-bond donors (Lipinski definition) is 1. The van der Waals surface area contributed by atoms with E-state index in [4.69, 9.17) is 0 Å². The number of nitrogens with one attached hydrogen (secondary N) is 1. The van der Waals surface area contributed by atoms with Gasteiger partial charge in [-0.05, 0) is 92.4 Å². The fourth-order valence-corrected chi connectivity index (χ4v) is 5.88. The molecule has 1 N–H and O–H groups in total. The normalized spacial score (nSPS) is 13.7. The van der Waals surface area contributed by atoms with Crippen LogP contribution in [0.4, 0.5) is 17.1 Å². The lowest BCUT2D eigenvalue weighted by Gasteiger charge is -2.23. The average molecular weight is 510 g/mol. The Bertz CT molecular complexity index is 1310. The van der Waals surface area contributed by atoms with Gasteiger partial charge >= 0.3 is 0 Å². The van der Waals surface area contributed by atoms with Crippen molar-refractivity contribution in [3.63, 3.8) is 0 Å². The second-order valence-electron chi connectivity index (χ2n) is 8.04. The van der Waals surface area contributed by atoms with Crippen LogP contribution >= 0.6 is 11.8 Å². The molecule has 9 heteroatoms. The Morgan fingerprint density at radius 3 is 2.20 bits per heavy atom. The van der Waals surface area contributed by atoms with E-state index >= 15 is 0 Å². The van der Waals surface area contributed by atoms with E-state index in [2.05, 4.69) is 5.32 Å². The monoisotopic (exact) mass is 509 g/mol. The largest absolute Gasteiger partial charge is 0.322 e. The molecule has 3 aromatic carbocycles. The summed E-state index contributed by atoms with van der Waals surface area (Å²) in [7, 11) is -3.73. The third-order valence-corrected chi connectivity index (χ3v) is 8.52. The summed E-state index contributed by atoms with van der Waals surface area (Å²) in [6.07, 6.45) is 3.36. The van der Waals surface area contributed by atoms with Crippen molar-refractivity contribution in [2.24, 2.45) is 0 Å². The molecule has 2 amide bonds. The first kappa shape index (κ1) is 24.8. The van der Waals surface area contributed by atoms with Crippen LogP contribution < -0.4 is 14.5 Å². The Balaban J connectivity index is 1.46. The molecule has 7 nitrogen and oxygen atoms in total. The molecule has 182 valence electrons. The third kappa shape index (κ3) is 5.36. The van der Waals surface area contributed by atoms with Crippen LogP contribution in [-0.2, 0) is 14.8 Å². The molecule has 4 rings (SSSR count). The van der Waals surface area contributed by atoms with Crippen LogP contribution in [-0.4, -0.2) is 39.6 Å². The molecule has 0 atom stereocenters. The molecular formula is C26H27N3O4S2. The van der Waals surface area contributed by atoms with E-state index in [9.17, 15) is 18.0 Å². The number of carbonyl (C=O) groups is 2. The molecule has 35 heavy (non-hydrogen) atoms. The lowest BCUT2D eigenvalue weighted by molar-refractivity contribution is -0.117. The van der Waals surface area contributed by atoms with Crippen LogP contribution in [0.3, 0.4) is 0 Å². The number of hydrogen-bond acceptors (Lipinski definition) is 5. The quantitative estimate of drug-likeness (QED) is 0.432. The van der Waals surface area contributed by atoms with Gasteiger partial charge < -0.3 is 10.2 Å². The molecule has 1 heterocycles. The van der Waals surface area contributed by atoms with Gasteiger partial charge in [0.15, 0.2) is 0 Å². The van der Waals surface area contributed by atoms with Crippen LogP contribution in [0.15, 0.2) is 82.6 Å². The minimum absolute atomic E-state index is 0.113. The van der Waals surface area contributed by atoms with Crippen LogP contribution in [0.25, 0.3) is 0 Å². The van der Waals surface area contributed by atoms with Crippen molar-refractivity contribution in [2.45, 2.75) is 29.6 Å². The predicted octanol–water partition coefficient (Wildman–Crippen LogP) is 5.00. The molecular weight excluding hydrogens is 482 g/mol. The summed E-state index contributed by atoms with van der Waals surface area (Å²) in [5.74, 6) is -0.193. The van der Waals surface area contributed by atoms with Gasteiger partial charge in [-0.2, -0.15) is 0 Å². The van der Waals surface area contributed by atoms with Crippen molar-refractivity contribution in [1.82, 2.24) is 0 Å². The van der Waals surface area contributed by atoms with E-state index in [1.807, 2.05) is 18.4 Å². The van der Waals surface area contributed by atoms with E-state index in [0.717, 1.165) is 17.0 Å². The maximum atomic E-state index is 13.2. The summed E-state index contributed by atoms with van der Waals surface area (Å²) in [5, 5.41) is 2.84. The van der Waals surface area contributed by atoms with Gasteiger partial charge in [0.25, 0.3) is 15.9 Å². The number of rotatable bonds is 8. The predicted molar refractivity (Wildman–Crippen MR) is 141 cm³/mol. The fraction of sp³-hybridized carbons (Fsp3) is 0.231. The highest BCUT2D eigenvalue weighted by atomic mass is 32.2. The van der Waals surface area contributed by atoms with Gasteiger partial charge in [-0.1, -0.05) is 0 Å². The lowest BCUT2D eigenvalue weighted by atomic mass is 10.2. The highest BCUT2D eigenvalue weighted by molar-refractivity contribution is 7.98. The van der Waals surface area contributed by atoms with Crippen LogP contribution in [0, 0.1) is 0 Å². The number of amides is 2. The van der Waals surface area contributed by atoms with E-state index in [-0.39, 0.29) is 23.3 Å². The summed E-state index contributed by atoms with van der Waals surface area (Å²) < 4.78 is 27.7. The summed E-state index contributed by atoms with van der Waals surface area (Å²) >= 11 is 1.55. The fourth-order valence-electron chi connectivity index (χ4n) is 3.99. The second-order valence-corrected chi connectivity index (χ2v) is 10.8. The van der Waals surface area contributed by atoms with Gasteiger partial charge in [0.1, 0.15) is 0 Å². The molecule has 0 aliphatic carbocycles. The Morgan fingerprint density at radius 1 is 1.00 bits per heavy atom. The zero-order chi connectivity index (χ0) is 25.0. The highest BCUT2D eigenvalue weighted by Gasteiger charge is 2.24. The first-order valence-electron chi connectivity index (χ1n) is 11.3. The molecule has 3 aromatic rings. The van der Waals surface area contributed by atoms with Gasteiger partial charge in [0.2, 0.25) is 5.91 Å². The van der Waals surface area contributed by atoms with Crippen LogP contribution in [0.2, 0.25) is 0 Å². The maximum absolute atomic E-state index is 13.2. The van der Waals surface area contributed by atoms with Gasteiger partial charge in [-0.3, -0.25) is 13.9 Å². The molecule has 0 spiro atoms. The summed E-state index contributed by atoms with van der Waals surface area (Å²) in [4.78, 5) is 27.6. The van der Waals surface area contributed by atoms with Crippen LogP contribution in [0.1, 0.15) is 30.1 Å². The topological polar surface area (TPSA) is 86.8 Å². The van der Waals surface area contributed by atoms with Crippen molar-refractivity contribution in [1.29, 1.82) is 0 Å². The molecule has 1 fully saturated rings. The Labute approximate surface area is 210 Å². The van der Waals surface area contributed by atoms with Crippen molar-refractivity contribution in [2.75, 3.05) is 33.9 Å².